The highest BCUT2D eigenvalue weighted by Crippen LogP contribution is 2.34. The average Bonchev–Trinajstić information content (AvgIpc) is 3.21. The maximum Gasteiger partial charge on any atom is 0.162 e. The van der Waals surface area contributed by atoms with Crippen molar-refractivity contribution in [3.8, 4) is 22.8 Å². The van der Waals surface area contributed by atoms with Crippen molar-refractivity contribution in [2.45, 2.75) is 13.0 Å². The third kappa shape index (κ3) is 3.64. The maximum absolute atomic E-state index is 11.5. The molecule has 0 saturated carbocycles. The second-order valence-electron chi connectivity index (χ2n) is 6.53. The minimum atomic E-state index is -2.82. The van der Waals surface area contributed by atoms with Crippen molar-refractivity contribution in [2.75, 3.05) is 31.3 Å². The molecule has 2 aliphatic rings. The minimum Gasteiger partial charge on any atom is -0.486 e. The van der Waals surface area contributed by atoms with Gasteiger partial charge < -0.3 is 14.8 Å². The van der Waals surface area contributed by atoms with Crippen molar-refractivity contribution >= 4 is 9.84 Å². The monoisotopic (exact) mass is 363 g/mol. The van der Waals surface area contributed by atoms with Gasteiger partial charge in [-0.2, -0.15) is 5.10 Å². The Morgan fingerprint density at radius 1 is 1.24 bits per heavy atom. The predicted molar refractivity (Wildman–Crippen MR) is 93.5 cm³/mol. The SMILES string of the molecule is O=S1(=O)CCC(CNCc2cn[nH]c2-c2ccc3c(c2)OCCO3)C1. The summed E-state index contributed by atoms with van der Waals surface area (Å²) in [5, 5.41) is 10.5. The van der Waals surface area contributed by atoms with Gasteiger partial charge in [0.25, 0.3) is 0 Å². The first kappa shape index (κ1) is 16.4. The number of H-pyrrole nitrogens is 1. The molecule has 0 radical (unpaired) electrons. The second-order valence-corrected chi connectivity index (χ2v) is 8.76. The first-order valence-corrected chi connectivity index (χ1v) is 10.3. The molecular weight excluding hydrogens is 342 g/mol. The molecule has 1 aromatic heterocycles. The van der Waals surface area contributed by atoms with Crippen molar-refractivity contribution in [1.82, 2.24) is 15.5 Å². The van der Waals surface area contributed by atoms with Gasteiger partial charge in [0.2, 0.25) is 0 Å². The van der Waals surface area contributed by atoms with Crippen LogP contribution in [0.2, 0.25) is 0 Å². The van der Waals surface area contributed by atoms with E-state index in [-0.39, 0.29) is 5.92 Å². The predicted octanol–water partition coefficient (Wildman–Crippen LogP) is 1.37. The third-order valence-corrected chi connectivity index (χ3v) is 6.46. The Labute approximate surface area is 146 Å². The summed E-state index contributed by atoms with van der Waals surface area (Å²) in [4.78, 5) is 0. The van der Waals surface area contributed by atoms with E-state index in [1.54, 1.807) is 6.20 Å². The van der Waals surface area contributed by atoms with Gasteiger partial charge in [0.05, 0.1) is 23.4 Å². The van der Waals surface area contributed by atoms with Crippen LogP contribution >= 0.6 is 0 Å². The van der Waals surface area contributed by atoms with Crippen molar-refractivity contribution < 1.29 is 17.9 Å². The average molecular weight is 363 g/mol. The van der Waals surface area contributed by atoms with Gasteiger partial charge in [0.15, 0.2) is 21.3 Å². The molecule has 0 aliphatic carbocycles. The molecule has 2 aromatic rings. The van der Waals surface area contributed by atoms with E-state index in [1.165, 1.54) is 0 Å². The molecule has 1 atom stereocenters. The normalized spacial score (nSPS) is 21.4. The van der Waals surface area contributed by atoms with Crippen LogP contribution in [0.4, 0.5) is 0 Å². The zero-order valence-electron chi connectivity index (χ0n) is 13.8. The zero-order chi connectivity index (χ0) is 17.3. The number of fused-ring (bicyclic) bond motifs is 1. The summed E-state index contributed by atoms with van der Waals surface area (Å²) >= 11 is 0. The lowest BCUT2D eigenvalue weighted by Gasteiger charge is -2.19. The molecular formula is C17H21N3O4S. The molecule has 1 unspecified atom stereocenters. The topological polar surface area (TPSA) is 93.3 Å². The molecule has 25 heavy (non-hydrogen) atoms. The van der Waals surface area contributed by atoms with Crippen LogP contribution in [0.3, 0.4) is 0 Å². The van der Waals surface area contributed by atoms with Crippen LogP contribution < -0.4 is 14.8 Å². The van der Waals surface area contributed by atoms with Gasteiger partial charge in [-0.15, -0.1) is 0 Å². The lowest BCUT2D eigenvalue weighted by atomic mass is 10.1. The van der Waals surface area contributed by atoms with Gasteiger partial charge in [-0.25, -0.2) is 8.42 Å². The highest BCUT2D eigenvalue weighted by Gasteiger charge is 2.27. The highest BCUT2D eigenvalue weighted by atomic mass is 32.2. The maximum atomic E-state index is 11.5. The van der Waals surface area contributed by atoms with Crippen LogP contribution in [0, 0.1) is 5.92 Å². The number of rotatable bonds is 5. The smallest absolute Gasteiger partial charge is 0.162 e. The summed E-state index contributed by atoms with van der Waals surface area (Å²) in [7, 11) is -2.82. The Bertz CT molecular complexity index is 863. The van der Waals surface area contributed by atoms with E-state index in [0.717, 1.165) is 34.7 Å². The fourth-order valence-electron chi connectivity index (χ4n) is 3.34. The van der Waals surface area contributed by atoms with Crippen LogP contribution in [0.25, 0.3) is 11.3 Å². The Morgan fingerprint density at radius 2 is 2.08 bits per heavy atom. The summed E-state index contributed by atoms with van der Waals surface area (Å²) in [5.74, 6) is 2.31. The molecule has 0 amide bonds. The zero-order valence-corrected chi connectivity index (χ0v) is 14.6. The Morgan fingerprint density at radius 3 is 2.88 bits per heavy atom. The number of hydrogen-bond donors (Lipinski definition) is 2. The van der Waals surface area contributed by atoms with E-state index < -0.39 is 9.84 Å². The van der Waals surface area contributed by atoms with Crippen LogP contribution in [0.5, 0.6) is 11.5 Å². The molecule has 0 spiro atoms. The fourth-order valence-corrected chi connectivity index (χ4v) is 5.20. The number of nitrogens with zero attached hydrogens (tertiary/aromatic N) is 1. The van der Waals surface area contributed by atoms with Crippen molar-refractivity contribution in [3.05, 3.63) is 30.0 Å². The number of nitrogens with one attached hydrogen (secondary N) is 2. The van der Waals surface area contributed by atoms with Gasteiger partial charge in [-0.05, 0) is 37.1 Å². The largest absolute Gasteiger partial charge is 0.486 e. The van der Waals surface area contributed by atoms with Gasteiger partial charge in [-0.1, -0.05) is 0 Å². The van der Waals surface area contributed by atoms with Gasteiger partial charge >= 0.3 is 0 Å². The van der Waals surface area contributed by atoms with E-state index in [9.17, 15) is 8.42 Å². The Hall–Kier alpha value is -2.06. The molecule has 1 saturated heterocycles. The summed E-state index contributed by atoms with van der Waals surface area (Å²) < 4.78 is 34.2. The van der Waals surface area contributed by atoms with E-state index >= 15 is 0 Å². The molecule has 7 nitrogen and oxygen atoms in total. The Kier molecular flexibility index (Phi) is 4.39. The number of benzene rings is 1. The molecule has 3 heterocycles. The molecule has 134 valence electrons. The van der Waals surface area contributed by atoms with E-state index in [2.05, 4.69) is 15.5 Å². The van der Waals surface area contributed by atoms with Crippen molar-refractivity contribution in [2.24, 2.45) is 5.92 Å². The van der Waals surface area contributed by atoms with Crippen LogP contribution in [0.15, 0.2) is 24.4 Å². The first-order chi connectivity index (χ1) is 12.1. The van der Waals surface area contributed by atoms with E-state index in [0.29, 0.717) is 37.8 Å². The van der Waals surface area contributed by atoms with Crippen LogP contribution in [-0.4, -0.2) is 49.9 Å². The minimum absolute atomic E-state index is 0.203. The summed E-state index contributed by atoms with van der Waals surface area (Å²) in [5.41, 5.74) is 2.96. The van der Waals surface area contributed by atoms with Crippen LogP contribution in [0.1, 0.15) is 12.0 Å². The van der Waals surface area contributed by atoms with E-state index in [4.69, 9.17) is 9.47 Å². The number of sulfone groups is 1. The number of ether oxygens (including phenoxy) is 2. The van der Waals surface area contributed by atoms with Gasteiger partial charge in [0.1, 0.15) is 13.2 Å². The van der Waals surface area contributed by atoms with E-state index in [1.807, 2.05) is 18.2 Å². The standard InChI is InChI=1S/C17H21N3O4S/c21-25(22)6-3-12(11-25)8-18-9-14-10-19-20-17(14)13-1-2-15-16(7-13)24-5-4-23-15/h1-2,7,10,12,18H,3-6,8-9,11H2,(H,19,20). The number of hydrogen-bond acceptors (Lipinski definition) is 6. The first-order valence-electron chi connectivity index (χ1n) is 8.44. The lowest BCUT2D eigenvalue weighted by Crippen LogP contribution is -2.23. The summed E-state index contributed by atoms with van der Waals surface area (Å²) in [6, 6.07) is 5.84. The molecule has 0 bridgehead atoms. The van der Waals surface area contributed by atoms with Crippen molar-refractivity contribution in [1.29, 1.82) is 0 Å². The summed E-state index contributed by atoms with van der Waals surface area (Å²) in [6.07, 6.45) is 2.54. The third-order valence-electron chi connectivity index (χ3n) is 4.62. The number of aromatic amines is 1. The summed E-state index contributed by atoms with van der Waals surface area (Å²) in [6.45, 7) is 2.46. The Balaban J connectivity index is 1.42. The number of aromatic nitrogens is 2. The van der Waals surface area contributed by atoms with Crippen LogP contribution in [-0.2, 0) is 16.4 Å². The molecule has 1 fully saturated rings. The quantitative estimate of drug-likeness (QED) is 0.833. The van der Waals surface area contributed by atoms with Gasteiger partial charge in [-0.3, -0.25) is 5.10 Å². The van der Waals surface area contributed by atoms with Crippen molar-refractivity contribution in [3.63, 3.8) is 0 Å². The molecule has 8 heteroatoms. The molecule has 2 N–H and O–H groups in total. The molecule has 1 aromatic carbocycles. The second kappa shape index (κ2) is 6.68. The lowest BCUT2D eigenvalue weighted by molar-refractivity contribution is 0.171. The molecule has 2 aliphatic heterocycles. The van der Waals surface area contributed by atoms with Gasteiger partial charge in [0, 0.05) is 17.7 Å². The fraction of sp³-hybridized carbons (Fsp3) is 0.471. The highest BCUT2D eigenvalue weighted by molar-refractivity contribution is 7.91. The molecule has 4 rings (SSSR count).